The Balaban J connectivity index is 2.31. The monoisotopic (exact) mass is 423 g/mol. The van der Waals surface area contributed by atoms with E-state index in [-0.39, 0.29) is 17.1 Å². The molecule has 1 aromatic carbocycles. The molecule has 0 bridgehead atoms. The standard InChI is InChI=1S/C24H29N3O4/c1-7-23(3,4)20-16(12-18-22(30)25-13(2)21(29)27-18)15-10-14(8-9-17(15)26-20)11-19(28)24(5,6)31/h7-10,12,19,26,28,31H,1-2,11H2,3-6H3,(H,25,30)(H,27,29)/b18-12-/t19-/m0/s1. The first-order chi connectivity index (χ1) is 14.3. The lowest BCUT2D eigenvalue weighted by Crippen LogP contribution is -2.46. The average Bonchev–Trinajstić information content (AvgIpc) is 3.04. The van der Waals surface area contributed by atoms with Gasteiger partial charge in [0.15, 0.2) is 0 Å². The molecule has 0 saturated heterocycles. The van der Waals surface area contributed by atoms with Gasteiger partial charge in [0.25, 0.3) is 11.1 Å². The molecule has 7 nitrogen and oxygen atoms in total. The van der Waals surface area contributed by atoms with E-state index in [1.54, 1.807) is 26.0 Å². The molecule has 2 heterocycles. The number of aliphatic hydroxyl groups excluding tert-OH is 1. The van der Waals surface area contributed by atoms with Crippen molar-refractivity contribution >= 4 is 23.6 Å². The number of rotatable bonds is 6. The number of benzene rings is 1. The van der Waals surface area contributed by atoms with E-state index in [1.807, 2.05) is 32.0 Å². The molecule has 3 rings (SSSR count). The molecule has 0 aliphatic rings. The number of allylic oxidation sites excluding steroid dienone is 1. The van der Waals surface area contributed by atoms with Gasteiger partial charge in [0, 0.05) is 34.0 Å². The van der Waals surface area contributed by atoms with Crippen LogP contribution in [0.2, 0.25) is 0 Å². The van der Waals surface area contributed by atoms with Crippen molar-refractivity contribution in [2.45, 2.75) is 51.2 Å². The molecule has 0 amide bonds. The van der Waals surface area contributed by atoms with E-state index in [4.69, 9.17) is 0 Å². The van der Waals surface area contributed by atoms with Gasteiger partial charge in [-0.15, -0.1) is 6.58 Å². The van der Waals surface area contributed by atoms with Gasteiger partial charge in [0.2, 0.25) is 0 Å². The molecular formula is C24H29N3O4. The summed E-state index contributed by atoms with van der Waals surface area (Å²) in [5.41, 5.74) is 0.630. The van der Waals surface area contributed by atoms with Crippen molar-refractivity contribution in [3.63, 3.8) is 0 Å². The fraction of sp³-hybridized carbons (Fsp3) is 0.333. The molecule has 0 radical (unpaired) electrons. The van der Waals surface area contributed by atoms with Crippen LogP contribution < -0.4 is 21.8 Å². The summed E-state index contributed by atoms with van der Waals surface area (Å²) in [6.45, 7) is 14.6. The Labute approximate surface area is 179 Å². The van der Waals surface area contributed by atoms with Gasteiger partial charge in [-0.25, -0.2) is 0 Å². The highest BCUT2D eigenvalue weighted by Gasteiger charge is 2.26. The lowest BCUT2D eigenvalue weighted by Gasteiger charge is -2.24. The first-order valence-electron chi connectivity index (χ1n) is 10.1. The molecule has 164 valence electrons. The van der Waals surface area contributed by atoms with Crippen LogP contribution in [-0.4, -0.2) is 36.9 Å². The third kappa shape index (κ3) is 4.47. The summed E-state index contributed by atoms with van der Waals surface area (Å²) in [5.74, 6) is 0. The summed E-state index contributed by atoms with van der Waals surface area (Å²) in [7, 11) is 0. The number of nitrogens with one attached hydrogen (secondary N) is 3. The first kappa shape index (κ1) is 22.5. The maximum absolute atomic E-state index is 12.4. The molecule has 31 heavy (non-hydrogen) atoms. The largest absolute Gasteiger partial charge is 0.390 e. The summed E-state index contributed by atoms with van der Waals surface area (Å²) < 4.78 is 0. The Kier molecular flexibility index (Phi) is 5.69. The second-order valence-electron chi connectivity index (χ2n) is 9.04. The molecular weight excluding hydrogens is 394 g/mol. The number of aromatic nitrogens is 3. The normalized spacial score (nSPS) is 14.2. The minimum atomic E-state index is -1.24. The van der Waals surface area contributed by atoms with Crippen LogP contribution in [0.1, 0.15) is 44.5 Å². The van der Waals surface area contributed by atoms with Crippen LogP contribution in [-0.2, 0) is 11.8 Å². The quantitative estimate of drug-likeness (QED) is 0.379. The van der Waals surface area contributed by atoms with E-state index in [0.29, 0.717) is 0 Å². The molecule has 0 spiro atoms. The lowest BCUT2D eigenvalue weighted by atomic mass is 9.86. The van der Waals surface area contributed by atoms with Crippen molar-refractivity contribution < 1.29 is 10.2 Å². The third-order valence-electron chi connectivity index (χ3n) is 5.62. The second kappa shape index (κ2) is 7.83. The number of hydrogen-bond donors (Lipinski definition) is 5. The average molecular weight is 424 g/mol. The molecule has 7 heteroatoms. The Bertz CT molecular complexity index is 1370. The van der Waals surface area contributed by atoms with Gasteiger partial charge >= 0.3 is 0 Å². The molecule has 0 aliphatic carbocycles. The molecule has 0 fully saturated rings. The van der Waals surface area contributed by atoms with Gasteiger partial charge in [-0.05, 0) is 37.6 Å². The van der Waals surface area contributed by atoms with Crippen molar-refractivity contribution in [3.8, 4) is 0 Å². The highest BCUT2D eigenvalue weighted by Crippen LogP contribution is 2.33. The topological polar surface area (TPSA) is 122 Å². The van der Waals surface area contributed by atoms with E-state index < -0.39 is 28.2 Å². The van der Waals surface area contributed by atoms with Gasteiger partial charge in [-0.3, -0.25) is 9.59 Å². The van der Waals surface area contributed by atoms with Crippen LogP contribution in [0.5, 0.6) is 0 Å². The van der Waals surface area contributed by atoms with Crippen LogP contribution in [0.25, 0.3) is 23.6 Å². The predicted molar refractivity (Wildman–Crippen MR) is 124 cm³/mol. The summed E-state index contributed by atoms with van der Waals surface area (Å²) in [5, 5.41) is 21.3. The minimum absolute atomic E-state index is 0.00406. The van der Waals surface area contributed by atoms with Gasteiger partial charge < -0.3 is 25.2 Å². The van der Waals surface area contributed by atoms with E-state index in [9.17, 15) is 19.8 Å². The Morgan fingerprint density at radius 1 is 1.10 bits per heavy atom. The summed E-state index contributed by atoms with van der Waals surface area (Å²) in [6.07, 6.45) is 2.76. The number of aliphatic hydroxyl groups is 2. The highest BCUT2D eigenvalue weighted by molar-refractivity contribution is 5.91. The maximum atomic E-state index is 12.4. The maximum Gasteiger partial charge on any atom is 0.272 e. The van der Waals surface area contributed by atoms with Gasteiger partial charge in [-0.2, -0.15) is 0 Å². The number of hydrogen-bond acceptors (Lipinski definition) is 4. The number of H-pyrrole nitrogens is 3. The molecule has 0 unspecified atom stereocenters. The SMILES string of the molecule is C=CC(C)(C)c1[nH]c2ccc(C[C@H](O)C(C)(C)O)cc2c1/C=c1\[nH]c(=O)c(=C)[nH]c1=O. The molecule has 1 atom stereocenters. The molecule has 0 saturated carbocycles. The van der Waals surface area contributed by atoms with Crippen LogP contribution in [0.3, 0.4) is 0 Å². The van der Waals surface area contributed by atoms with Gasteiger partial charge in [0.1, 0.15) is 5.35 Å². The van der Waals surface area contributed by atoms with Crippen LogP contribution in [0, 0.1) is 0 Å². The van der Waals surface area contributed by atoms with E-state index in [0.717, 1.165) is 27.7 Å². The van der Waals surface area contributed by atoms with Crippen molar-refractivity contribution in [2.24, 2.45) is 0 Å². The minimum Gasteiger partial charge on any atom is -0.390 e. The van der Waals surface area contributed by atoms with E-state index in [1.165, 1.54) is 0 Å². The zero-order valence-corrected chi connectivity index (χ0v) is 18.3. The van der Waals surface area contributed by atoms with Crippen LogP contribution >= 0.6 is 0 Å². The molecule has 0 aliphatic heterocycles. The number of fused-ring (bicyclic) bond motifs is 1. The zero-order chi connectivity index (χ0) is 23.1. The zero-order valence-electron chi connectivity index (χ0n) is 18.3. The summed E-state index contributed by atoms with van der Waals surface area (Å²) >= 11 is 0. The fourth-order valence-electron chi connectivity index (χ4n) is 3.38. The van der Waals surface area contributed by atoms with Gasteiger partial charge in [0.05, 0.1) is 17.1 Å². The molecule has 3 aromatic rings. The van der Waals surface area contributed by atoms with Crippen molar-refractivity contribution in [2.75, 3.05) is 0 Å². The molecule has 2 aromatic heterocycles. The predicted octanol–water partition coefficient (Wildman–Crippen LogP) is 0.921. The highest BCUT2D eigenvalue weighted by atomic mass is 16.3. The lowest BCUT2D eigenvalue weighted by molar-refractivity contribution is -0.0469. The molecule has 5 N–H and O–H groups in total. The van der Waals surface area contributed by atoms with Crippen LogP contribution in [0.4, 0.5) is 0 Å². The summed E-state index contributed by atoms with van der Waals surface area (Å²) in [4.78, 5) is 32.9. The third-order valence-corrected chi connectivity index (χ3v) is 5.62. The smallest absolute Gasteiger partial charge is 0.272 e. The second-order valence-corrected chi connectivity index (χ2v) is 9.04. The van der Waals surface area contributed by atoms with Crippen molar-refractivity contribution in [3.05, 3.63) is 79.1 Å². The van der Waals surface area contributed by atoms with Gasteiger partial charge in [-0.1, -0.05) is 32.6 Å². The van der Waals surface area contributed by atoms with Crippen molar-refractivity contribution in [1.29, 1.82) is 0 Å². The Hall–Kier alpha value is -3.16. The van der Waals surface area contributed by atoms with E-state index >= 15 is 0 Å². The summed E-state index contributed by atoms with van der Waals surface area (Å²) in [6, 6.07) is 5.69. The van der Waals surface area contributed by atoms with E-state index in [2.05, 4.69) is 28.1 Å². The van der Waals surface area contributed by atoms with Crippen molar-refractivity contribution in [1.82, 2.24) is 15.0 Å². The fourth-order valence-corrected chi connectivity index (χ4v) is 3.38. The number of aromatic amines is 3. The Morgan fingerprint density at radius 3 is 2.39 bits per heavy atom. The van der Waals surface area contributed by atoms with Crippen LogP contribution in [0.15, 0.2) is 40.4 Å². The Morgan fingerprint density at radius 2 is 1.77 bits per heavy atom. The first-order valence-corrected chi connectivity index (χ1v) is 10.1.